The fourth-order valence-electron chi connectivity index (χ4n) is 2.89. The van der Waals surface area contributed by atoms with Crippen LogP contribution < -0.4 is 5.32 Å². The van der Waals surface area contributed by atoms with E-state index in [1.807, 2.05) is 0 Å². The number of hydrogen-bond acceptors (Lipinski definition) is 4. The fourth-order valence-corrected chi connectivity index (χ4v) is 2.89. The highest BCUT2D eigenvalue weighted by atomic mass is 19.1. The fraction of sp³-hybridized carbons (Fsp3) is 0.533. The van der Waals surface area contributed by atoms with Gasteiger partial charge in [0, 0.05) is 6.54 Å². The van der Waals surface area contributed by atoms with Crippen LogP contribution in [0.3, 0.4) is 0 Å². The Morgan fingerprint density at radius 2 is 2.00 bits per heavy atom. The van der Waals surface area contributed by atoms with E-state index in [-0.39, 0.29) is 5.82 Å². The average molecular weight is 289 g/mol. The molecule has 1 aromatic heterocycles. The third kappa shape index (κ3) is 3.56. The lowest BCUT2D eigenvalue weighted by molar-refractivity contribution is 0.482. The van der Waals surface area contributed by atoms with Crippen molar-refractivity contribution in [2.24, 2.45) is 5.92 Å². The van der Waals surface area contributed by atoms with Gasteiger partial charge in [0.05, 0.1) is 11.4 Å². The smallest absolute Gasteiger partial charge is 0.146 e. The van der Waals surface area contributed by atoms with Crippen molar-refractivity contribution in [2.75, 3.05) is 11.9 Å². The molecule has 2 aromatic rings. The summed E-state index contributed by atoms with van der Waals surface area (Å²) in [6.45, 7) is 0.829. The van der Waals surface area contributed by atoms with Crippen LogP contribution in [-0.4, -0.2) is 26.8 Å². The first-order chi connectivity index (χ1) is 10.3. The van der Waals surface area contributed by atoms with E-state index < -0.39 is 0 Å². The summed E-state index contributed by atoms with van der Waals surface area (Å²) in [5.74, 6) is 0.407. The molecule has 0 amide bonds. The van der Waals surface area contributed by atoms with Gasteiger partial charge in [0.2, 0.25) is 0 Å². The topological polar surface area (TPSA) is 55.6 Å². The number of tetrazole rings is 1. The highest BCUT2D eigenvalue weighted by molar-refractivity contribution is 5.52. The van der Waals surface area contributed by atoms with Gasteiger partial charge in [0.25, 0.3) is 0 Å². The molecule has 0 radical (unpaired) electrons. The summed E-state index contributed by atoms with van der Waals surface area (Å²) >= 11 is 0. The Morgan fingerprint density at radius 3 is 2.71 bits per heavy atom. The number of benzene rings is 1. The molecule has 3 rings (SSSR count). The number of aromatic nitrogens is 4. The van der Waals surface area contributed by atoms with Crippen LogP contribution in [0.15, 0.2) is 24.5 Å². The largest absolute Gasteiger partial charge is 0.382 e. The lowest BCUT2D eigenvalue weighted by Gasteiger charge is -2.16. The quantitative estimate of drug-likeness (QED) is 0.878. The van der Waals surface area contributed by atoms with Crippen molar-refractivity contribution in [1.82, 2.24) is 20.2 Å². The second kappa shape index (κ2) is 6.65. The van der Waals surface area contributed by atoms with Gasteiger partial charge in [0.15, 0.2) is 0 Å². The summed E-state index contributed by atoms with van der Waals surface area (Å²) in [7, 11) is 0. The van der Waals surface area contributed by atoms with Crippen molar-refractivity contribution in [1.29, 1.82) is 0 Å². The Morgan fingerprint density at radius 1 is 1.19 bits per heavy atom. The maximum absolute atomic E-state index is 13.9. The van der Waals surface area contributed by atoms with E-state index in [0.29, 0.717) is 11.6 Å². The van der Waals surface area contributed by atoms with Gasteiger partial charge in [-0.1, -0.05) is 25.7 Å². The number of halogens is 1. The van der Waals surface area contributed by atoms with Crippen molar-refractivity contribution in [3.8, 4) is 5.69 Å². The Labute approximate surface area is 123 Å². The van der Waals surface area contributed by atoms with Gasteiger partial charge in [-0.25, -0.2) is 9.07 Å². The van der Waals surface area contributed by atoms with Gasteiger partial charge in [-0.2, -0.15) is 0 Å². The number of hydrogen-bond donors (Lipinski definition) is 1. The summed E-state index contributed by atoms with van der Waals surface area (Å²) in [4.78, 5) is 0. The van der Waals surface area contributed by atoms with E-state index in [4.69, 9.17) is 0 Å². The van der Waals surface area contributed by atoms with E-state index in [1.54, 1.807) is 12.1 Å². The molecule has 0 bridgehead atoms. The van der Waals surface area contributed by atoms with Crippen LogP contribution in [0, 0.1) is 11.7 Å². The molecule has 0 unspecified atom stereocenters. The second-order valence-corrected chi connectivity index (χ2v) is 5.66. The molecule has 112 valence electrons. The Kier molecular flexibility index (Phi) is 4.43. The predicted octanol–water partition coefficient (Wildman–Crippen LogP) is 3.18. The number of anilines is 1. The third-order valence-electron chi connectivity index (χ3n) is 4.12. The monoisotopic (exact) mass is 289 g/mol. The summed E-state index contributed by atoms with van der Waals surface area (Å²) in [5, 5.41) is 14.3. The van der Waals surface area contributed by atoms with E-state index in [1.165, 1.54) is 55.6 Å². The molecule has 0 aliphatic heterocycles. The van der Waals surface area contributed by atoms with Crippen molar-refractivity contribution in [3.05, 3.63) is 30.3 Å². The van der Waals surface area contributed by atoms with Gasteiger partial charge in [0.1, 0.15) is 12.1 Å². The molecule has 1 aliphatic rings. The molecule has 1 saturated carbocycles. The molecule has 1 N–H and O–H groups in total. The van der Waals surface area contributed by atoms with Gasteiger partial charge in [-0.05, 0) is 47.4 Å². The Bertz CT molecular complexity index is 561. The molecule has 1 heterocycles. The molecular formula is C15H20FN5. The first-order valence-corrected chi connectivity index (χ1v) is 7.60. The molecule has 0 saturated heterocycles. The van der Waals surface area contributed by atoms with Crippen molar-refractivity contribution >= 4 is 5.69 Å². The van der Waals surface area contributed by atoms with Gasteiger partial charge in [-0.15, -0.1) is 5.10 Å². The first-order valence-electron chi connectivity index (χ1n) is 7.60. The van der Waals surface area contributed by atoms with Crippen LogP contribution in [0.25, 0.3) is 5.69 Å². The minimum Gasteiger partial charge on any atom is -0.382 e. The predicted molar refractivity (Wildman–Crippen MR) is 78.8 cm³/mol. The maximum Gasteiger partial charge on any atom is 0.146 e. The highest BCUT2D eigenvalue weighted by Gasteiger charge is 2.13. The lowest BCUT2D eigenvalue weighted by Crippen LogP contribution is -2.14. The zero-order chi connectivity index (χ0) is 14.5. The molecule has 0 atom stereocenters. The summed E-state index contributed by atoms with van der Waals surface area (Å²) < 4.78 is 15.4. The number of nitrogens with one attached hydrogen (secondary N) is 1. The molecular weight excluding hydrogens is 269 g/mol. The third-order valence-corrected chi connectivity index (χ3v) is 4.12. The zero-order valence-electron chi connectivity index (χ0n) is 12.0. The van der Waals surface area contributed by atoms with E-state index in [0.717, 1.165) is 12.2 Å². The van der Waals surface area contributed by atoms with Crippen molar-refractivity contribution in [3.63, 3.8) is 0 Å². The molecule has 1 aromatic carbocycles. The summed E-state index contributed by atoms with van der Waals surface area (Å²) in [5.41, 5.74) is 1.28. The van der Waals surface area contributed by atoms with Crippen LogP contribution in [-0.2, 0) is 0 Å². The molecule has 6 heteroatoms. The average Bonchev–Trinajstić information content (AvgIpc) is 2.91. The second-order valence-electron chi connectivity index (χ2n) is 5.66. The van der Waals surface area contributed by atoms with Crippen molar-refractivity contribution < 1.29 is 4.39 Å². The SMILES string of the molecule is Fc1ccc(-n2cnnn2)cc1NCC1CCCCCC1. The number of nitrogens with zero attached hydrogens (tertiary/aromatic N) is 4. The van der Waals surface area contributed by atoms with E-state index in [2.05, 4.69) is 20.8 Å². The van der Waals surface area contributed by atoms with Gasteiger partial charge < -0.3 is 5.32 Å². The van der Waals surface area contributed by atoms with Crippen molar-refractivity contribution in [2.45, 2.75) is 38.5 Å². The Balaban J connectivity index is 1.68. The lowest BCUT2D eigenvalue weighted by atomic mass is 10.0. The zero-order valence-corrected chi connectivity index (χ0v) is 12.0. The van der Waals surface area contributed by atoms with Gasteiger partial charge >= 0.3 is 0 Å². The molecule has 0 spiro atoms. The molecule has 1 fully saturated rings. The number of rotatable bonds is 4. The maximum atomic E-state index is 13.9. The Hall–Kier alpha value is -1.98. The minimum absolute atomic E-state index is 0.236. The van der Waals surface area contributed by atoms with Crippen LogP contribution in [0.5, 0.6) is 0 Å². The minimum atomic E-state index is -0.236. The van der Waals surface area contributed by atoms with E-state index >= 15 is 0 Å². The normalized spacial score (nSPS) is 16.6. The van der Waals surface area contributed by atoms with Crippen LogP contribution in [0.1, 0.15) is 38.5 Å². The summed E-state index contributed by atoms with van der Waals surface area (Å²) in [6.07, 6.45) is 9.23. The van der Waals surface area contributed by atoms with Gasteiger partial charge in [-0.3, -0.25) is 0 Å². The summed E-state index contributed by atoms with van der Waals surface area (Å²) in [6, 6.07) is 4.87. The van der Waals surface area contributed by atoms with Crippen LogP contribution in [0.4, 0.5) is 10.1 Å². The molecule has 5 nitrogen and oxygen atoms in total. The first kappa shape index (κ1) is 14.0. The highest BCUT2D eigenvalue weighted by Crippen LogP contribution is 2.24. The van der Waals surface area contributed by atoms with Crippen LogP contribution in [0.2, 0.25) is 0 Å². The standard InChI is InChI=1S/C15H20FN5/c16-14-8-7-13(21-11-18-19-20-21)9-15(14)17-10-12-5-3-1-2-4-6-12/h7-9,11-12,17H,1-6,10H2. The van der Waals surface area contributed by atoms with E-state index in [9.17, 15) is 4.39 Å². The van der Waals surface area contributed by atoms with Crippen LogP contribution >= 0.6 is 0 Å². The molecule has 1 aliphatic carbocycles. The molecule has 21 heavy (non-hydrogen) atoms.